The lowest BCUT2D eigenvalue weighted by molar-refractivity contribution is 0.638. The number of nitrogens with one attached hydrogen (secondary N) is 1. The van der Waals surface area contributed by atoms with Crippen molar-refractivity contribution in [3.05, 3.63) is 84.7 Å². The zero-order valence-electron chi connectivity index (χ0n) is 12.5. The van der Waals surface area contributed by atoms with Crippen molar-refractivity contribution in [2.24, 2.45) is 0 Å². The molecule has 1 unspecified atom stereocenters. The minimum absolute atomic E-state index is 0.0134. The summed E-state index contributed by atoms with van der Waals surface area (Å²) in [6.07, 6.45) is 2.12. The third-order valence-corrected chi connectivity index (χ3v) is 4.45. The number of hydrogen-bond donors (Lipinski definition) is 1. The molecular weight excluding hydrogens is 282 g/mol. The van der Waals surface area contributed by atoms with Crippen molar-refractivity contribution in [1.82, 2.24) is 9.55 Å². The predicted octanol–water partition coefficient (Wildman–Crippen LogP) is 4.68. The Bertz CT molecular complexity index is 1020. The lowest BCUT2D eigenvalue weighted by Gasteiger charge is -2.30. The van der Waals surface area contributed by atoms with Crippen molar-refractivity contribution in [3.63, 3.8) is 0 Å². The molecule has 3 heterocycles. The second-order valence-electron chi connectivity index (χ2n) is 5.82. The van der Waals surface area contributed by atoms with Crippen LogP contribution in [0.3, 0.4) is 0 Å². The SMILES string of the molecule is c1ccc2c(c1)NC(c1ccc3ccccc3n1)n1cccc1-2. The van der Waals surface area contributed by atoms with Crippen LogP contribution in [0.15, 0.2) is 79.0 Å². The molecule has 1 N–H and O–H groups in total. The van der Waals surface area contributed by atoms with E-state index in [0.717, 1.165) is 16.9 Å². The number of pyridine rings is 1. The molecule has 0 amide bonds. The van der Waals surface area contributed by atoms with Crippen LogP contribution < -0.4 is 5.32 Å². The largest absolute Gasteiger partial charge is 0.359 e. The number of aromatic nitrogens is 2. The summed E-state index contributed by atoms with van der Waals surface area (Å²) in [5.74, 6) is 0. The van der Waals surface area contributed by atoms with Gasteiger partial charge in [-0.3, -0.25) is 0 Å². The molecule has 0 spiro atoms. The molecule has 0 saturated carbocycles. The van der Waals surface area contributed by atoms with E-state index < -0.39 is 0 Å². The van der Waals surface area contributed by atoms with Crippen LogP contribution in [0, 0.1) is 0 Å². The van der Waals surface area contributed by atoms with Gasteiger partial charge in [-0.15, -0.1) is 0 Å². The maximum atomic E-state index is 4.87. The Morgan fingerprint density at radius 3 is 2.70 bits per heavy atom. The topological polar surface area (TPSA) is 29.9 Å². The fourth-order valence-corrected chi connectivity index (χ4v) is 3.35. The third kappa shape index (κ3) is 1.87. The van der Waals surface area contributed by atoms with Crippen molar-refractivity contribution in [2.75, 3.05) is 5.32 Å². The molecule has 0 fully saturated rings. The lowest BCUT2D eigenvalue weighted by Crippen LogP contribution is -2.24. The van der Waals surface area contributed by atoms with E-state index in [-0.39, 0.29) is 6.17 Å². The van der Waals surface area contributed by atoms with Crippen molar-refractivity contribution >= 4 is 16.6 Å². The van der Waals surface area contributed by atoms with Gasteiger partial charge in [0.15, 0.2) is 0 Å². The normalized spacial score (nSPS) is 15.7. The Morgan fingerprint density at radius 2 is 1.70 bits per heavy atom. The van der Waals surface area contributed by atoms with Gasteiger partial charge >= 0.3 is 0 Å². The molecule has 4 aromatic rings. The summed E-state index contributed by atoms with van der Waals surface area (Å²) in [6, 6.07) is 25.1. The molecule has 2 aromatic heterocycles. The van der Waals surface area contributed by atoms with Crippen LogP contribution in [0.4, 0.5) is 5.69 Å². The Morgan fingerprint density at radius 1 is 0.826 bits per heavy atom. The average Bonchev–Trinajstić information content (AvgIpc) is 3.11. The summed E-state index contributed by atoms with van der Waals surface area (Å²) >= 11 is 0. The van der Waals surface area contributed by atoms with Gasteiger partial charge in [-0.25, -0.2) is 4.98 Å². The number of rotatable bonds is 1. The highest BCUT2D eigenvalue weighted by molar-refractivity contribution is 5.80. The maximum absolute atomic E-state index is 4.87. The van der Waals surface area contributed by atoms with E-state index in [2.05, 4.69) is 76.7 Å². The minimum atomic E-state index is 0.0134. The number of hydrogen-bond acceptors (Lipinski definition) is 2. The second kappa shape index (κ2) is 4.71. The monoisotopic (exact) mass is 297 g/mol. The first-order valence-corrected chi connectivity index (χ1v) is 7.79. The molecule has 0 saturated heterocycles. The quantitative estimate of drug-likeness (QED) is 0.553. The highest BCUT2D eigenvalue weighted by Gasteiger charge is 2.24. The molecule has 0 bridgehead atoms. The van der Waals surface area contributed by atoms with Crippen molar-refractivity contribution in [1.29, 1.82) is 0 Å². The fraction of sp³-hybridized carbons (Fsp3) is 0.0500. The molecular formula is C20H15N3. The van der Waals surface area contributed by atoms with E-state index in [1.165, 1.54) is 16.6 Å². The van der Waals surface area contributed by atoms with Gasteiger partial charge in [0.05, 0.1) is 16.9 Å². The average molecular weight is 297 g/mol. The number of nitrogens with zero attached hydrogens (tertiary/aromatic N) is 2. The first-order chi connectivity index (χ1) is 11.4. The van der Waals surface area contributed by atoms with E-state index in [4.69, 9.17) is 4.98 Å². The zero-order chi connectivity index (χ0) is 15.2. The molecule has 0 aliphatic carbocycles. The molecule has 3 heteroatoms. The maximum Gasteiger partial charge on any atom is 0.147 e. The summed E-state index contributed by atoms with van der Waals surface area (Å²) < 4.78 is 2.25. The number of fused-ring (bicyclic) bond motifs is 4. The molecule has 1 aliphatic heterocycles. The summed E-state index contributed by atoms with van der Waals surface area (Å²) in [6.45, 7) is 0. The first kappa shape index (κ1) is 12.5. The molecule has 110 valence electrons. The highest BCUT2D eigenvalue weighted by atomic mass is 15.2. The van der Waals surface area contributed by atoms with Gasteiger partial charge in [-0.1, -0.05) is 42.5 Å². The van der Waals surface area contributed by atoms with E-state index >= 15 is 0 Å². The van der Waals surface area contributed by atoms with Crippen LogP contribution in [0.5, 0.6) is 0 Å². The molecule has 23 heavy (non-hydrogen) atoms. The van der Waals surface area contributed by atoms with Gasteiger partial charge in [0.1, 0.15) is 6.17 Å². The summed E-state index contributed by atoms with van der Waals surface area (Å²) in [5, 5.41) is 4.79. The molecule has 3 nitrogen and oxygen atoms in total. The molecule has 1 aliphatic rings. The van der Waals surface area contributed by atoms with Crippen LogP contribution in [0.25, 0.3) is 22.2 Å². The Kier molecular flexibility index (Phi) is 2.56. The van der Waals surface area contributed by atoms with Gasteiger partial charge < -0.3 is 9.88 Å². The molecule has 5 rings (SSSR count). The number of para-hydroxylation sites is 2. The third-order valence-electron chi connectivity index (χ3n) is 4.45. The van der Waals surface area contributed by atoms with Crippen molar-refractivity contribution < 1.29 is 0 Å². The van der Waals surface area contributed by atoms with Crippen molar-refractivity contribution in [2.45, 2.75) is 6.17 Å². The lowest BCUT2D eigenvalue weighted by atomic mass is 10.1. The summed E-state index contributed by atoms with van der Waals surface area (Å²) in [5.41, 5.74) is 5.66. The highest BCUT2D eigenvalue weighted by Crippen LogP contribution is 2.38. The standard InChI is InChI=1S/C20H15N3/c1-3-8-16-14(6-1)11-12-18(21-16)20-22-17-9-4-2-7-15(17)19-10-5-13-23(19)20/h1-13,20,22H. The summed E-state index contributed by atoms with van der Waals surface area (Å²) in [4.78, 5) is 4.87. The molecule has 0 radical (unpaired) electrons. The van der Waals surface area contributed by atoms with Crippen LogP contribution in [-0.4, -0.2) is 9.55 Å². The van der Waals surface area contributed by atoms with Crippen molar-refractivity contribution in [3.8, 4) is 11.3 Å². The minimum Gasteiger partial charge on any atom is -0.359 e. The molecule has 1 atom stereocenters. The predicted molar refractivity (Wildman–Crippen MR) is 93.4 cm³/mol. The van der Waals surface area contributed by atoms with Gasteiger partial charge in [0, 0.05) is 22.8 Å². The first-order valence-electron chi connectivity index (χ1n) is 7.79. The fourth-order valence-electron chi connectivity index (χ4n) is 3.35. The van der Waals surface area contributed by atoms with Crippen LogP contribution >= 0.6 is 0 Å². The van der Waals surface area contributed by atoms with E-state index in [9.17, 15) is 0 Å². The van der Waals surface area contributed by atoms with E-state index in [1.54, 1.807) is 0 Å². The van der Waals surface area contributed by atoms with Gasteiger partial charge in [-0.05, 0) is 30.3 Å². The van der Waals surface area contributed by atoms with Gasteiger partial charge in [0.2, 0.25) is 0 Å². The second-order valence-corrected chi connectivity index (χ2v) is 5.82. The van der Waals surface area contributed by atoms with E-state index in [1.807, 2.05) is 12.1 Å². The van der Waals surface area contributed by atoms with Gasteiger partial charge in [0.25, 0.3) is 0 Å². The molecule has 2 aromatic carbocycles. The number of anilines is 1. The Labute approximate surface area is 134 Å². The smallest absolute Gasteiger partial charge is 0.147 e. The van der Waals surface area contributed by atoms with Crippen LogP contribution in [-0.2, 0) is 0 Å². The Hall–Kier alpha value is -3.07. The van der Waals surface area contributed by atoms with E-state index in [0.29, 0.717) is 0 Å². The van der Waals surface area contributed by atoms with Crippen LogP contribution in [0.1, 0.15) is 11.9 Å². The van der Waals surface area contributed by atoms with Gasteiger partial charge in [-0.2, -0.15) is 0 Å². The van der Waals surface area contributed by atoms with Crippen LogP contribution in [0.2, 0.25) is 0 Å². The summed E-state index contributed by atoms with van der Waals surface area (Å²) in [7, 11) is 0. The number of benzene rings is 2. The Balaban J connectivity index is 1.69. The zero-order valence-corrected chi connectivity index (χ0v) is 12.5.